The van der Waals surface area contributed by atoms with Gasteiger partial charge in [0.05, 0.1) is 12.7 Å². The van der Waals surface area contributed by atoms with Crippen LogP contribution in [0.15, 0.2) is 41.3 Å². The zero-order valence-corrected chi connectivity index (χ0v) is 14.4. The molecule has 0 aliphatic carbocycles. The third-order valence-electron chi connectivity index (χ3n) is 4.71. The number of aromatic nitrogens is 2. The van der Waals surface area contributed by atoms with E-state index in [0.717, 1.165) is 18.4 Å². The van der Waals surface area contributed by atoms with E-state index in [2.05, 4.69) is 4.98 Å². The molecule has 1 aromatic heterocycles. The third kappa shape index (κ3) is 3.22. The molecule has 3 atom stereocenters. The standard InChI is InChI=1S/C19H22N2O4/c1-3-25-19(24)15-11-20-17-14(10-9-12(2)21(17)18(15)23)16(22)13-7-5-4-6-8-13/h4-8,11-12,14,16,22H,3,9-10H2,1-2H3/t12-,14-,16?/m0/s1. The molecule has 1 aliphatic rings. The van der Waals surface area contributed by atoms with Crippen molar-refractivity contribution in [2.75, 3.05) is 6.61 Å². The summed E-state index contributed by atoms with van der Waals surface area (Å²) in [6.45, 7) is 3.81. The summed E-state index contributed by atoms with van der Waals surface area (Å²) in [6, 6.07) is 9.27. The molecule has 1 unspecified atom stereocenters. The number of rotatable bonds is 4. The average molecular weight is 342 g/mol. The van der Waals surface area contributed by atoms with Crippen LogP contribution in [0, 0.1) is 0 Å². The Morgan fingerprint density at radius 3 is 2.76 bits per heavy atom. The van der Waals surface area contributed by atoms with Gasteiger partial charge in [-0.05, 0) is 32.3 Å². The molecule has 0 spiro atoms. The van der Waals surface area contributed by atoms with Crippen molar-refractivity contribution in [1.82, 2.24) is 9.55 Å². The van der Waals surface area contributed by atoms with Crippen LogP contribution >= 0.6 is 0 Å². The van der Waals surface area contributed by atoms with E-state index in [1.807, 2.05) is 37.3 Å². The number of aliphatic hydroxyl groups excluding tert-OH is 1. The summed E-state index contributed by atoms with van der Waals surface area (Å²) in [4.78, 5) is 29.1. The van der Waals surface area contributed by atoms with Crippen LogP contribution in [-0.2, 0) is 4.74 Å². The van der Waals surface area contributed by atoms with Gasteiger partial charge in [0.15, 0.2) is 0 Å². The molecule has 1 N–H and O–H groups in total. The quantitative estimate of drug-likeness (QED) is 0.864. The Morgan fingerprint density at radius 1 is 1.36 bits per heavy atom. The molecule has 6 heteroatoms. The Labute approximate surface area is 146 Å². The summed E-state index contributed by atoms with van der Waals surface area (Å²) < 4.78 is 6.47. The zero-order valence-electron chi connectivity index (χ0n) is 14.4. The highest BCUT2D eigenvalue weighted by Crippen LogP contribution is 2.39. The van der Waals surface area contributed by atoms with E-state index in [0.29, 0.717) is 5.82 Å². The highest BCUT2D eigenvalue weighted by atomic mass is 16.5. The molecule has 1 aromatic carbocycles. The molecule has 0 saturated heterocycles. The fourth-order valence-electron chi connectivity index (χ4n) is 3.39. The maximum atomic E-state index is 12.8. The van der Waals surface area contributed by atoms with E-state index in [9.17, 15) is 14.7 Å². The summed E-state index contributed by atoms with van der Waals surface area (Å²) in [6.07, 6.45) is 1.98. The van der Waals surface area contributed by atoms with Crippen molar-refractivity contribution in [3.63, 3.8) is 0 Å². The number of nitrogens with zero attached hydrogens (tertiary/aromatic N) is 2. The molecule has 25 heavy (non-hydrogen) atoms. The molecule has 3 rings (SSSR count). The van der Waals surface area contributed by atoms with Crippen LogP contribution in [0.25, 0.3) is 0 Å². The van der Waals surface area contributed by atoms with Gasteiger partial charge in [0.2, 0.25) is 0 Å². The van der Waals surface area contributed by atoms with Crippen molar-refractivity contribution in [3.8, 4) is 0 Å². The lowest BCUT2D eigenvalue weighted by atomic mass is 9.86. The number of carbonyl (C=O) groups excluding carboxylic acids is 1. The lowest BCUT2D eigenvalue weighted by Gasteiger charge is -2.33. The molecule has 0 amide bonds. The number of fused-ring (bicyclic) bond motifs is 1. The van der Waals surface area contributed by atoms with Gasteiger partial charge in [-0.15, -0.1) is 0 Å². The molecule has 132 valence electrons. The topological polar surface area (TPSA) is 81.4 Å². The Kier molecular flexibility index (Phi) is 4.99. The minimum Gasteiger partial charge on any atom is -0.462 e. The Hall–Kier alpha value is -2.47. The van der Waals surface area contributed by atoms with Crippen LogP contribution < -0.4 is 5.56 Å². The van der Waals surface area contributed by atoms with Gasteiger partial charge >= 0.3 is 5.97 Å². The highest BCUT2D eigenvalue weighted by Gasteiger charge is 2.34. The summed E-state index contributed by atoms with van der Waals surface area (Å²) in [7, 11) is 0. The van der Waals surface area contributed by atoms with Crippen molar-refractivity contribution in [2.24, 2.45) is 0 Å². The molecule has 0 fully saturated rings. The van der Waals surface area contributed by atoms with Crippen molar-refractivity contribution < 1.29 is 14.6 Å². The van der Waals surface area contributed by atoms with E-state index < -0.39 is 17.6 Å². The number of esters is 1. The fraction of sp³-hybridized carbons (Fsp3) is 0.421. The maximum Gasteiger partial charge on any atom is 0.345 e. The molecular formula is C19H22N2O4. The second-order valence-corrected chi connectivity index (χ2v) is 6.31. The van der Waals surface area contributed by atoms with E-state index in [4.69, 9.17) is 4.74 Å². The monoisotopic (exact) mass is 342 g/mol. The van der Waals surface area contributed by atoms with Crippen LogP contribution in [0.5, 0.6) is 0 Å². The predicted octanol–water partition coefficient (Wildman–Crippen LogP) is 2.59. The average Bonchev–Trinajstić information content (AvgIpc) is 2.62. The number of benzene rings is 1. The van der Waals surface area contributed by atoms with Gasteiger partial charge in [0, 0.05) is 18.2 Å². The van der Waals surface area contributed by atoms with Crippen molar-refractivity contribution >= 4 is 5.97 Å². The zero-order chi connectivity index (χ0) is 18.0. The minimum absolute atomic E-state index is 0.0627. The van der Waals surface area contributed by atoms with E-state index in [-0.39, 0.29) is 24.1 Å². The van der Waals surface area contributed by atoms with Crippen molar-refractivity contribution in [1.29, 1.82) is 0 Å². The van der Waals surface area contributed by atoms with Gasteiger partial charge < -0.3 is 9.84 Å². The molecule has 0 bridgehead atoms. The predicted molar refractivity (Wildman–Crippen MR) is 92.5 cm³/mol. The van der Waals surface area contributed by atoms with Gasteiger partial charge in [-0.1, -0.05) is 30.3 Å². The van der Waals surface area contributed by atoms with Gasteiger partial charge in [0.1, 0.15) is 11.4 Å². The molecule has 2 heterocycles. The third-order valence-corrected chi connectivity index (χ3v) is 4.71. The van der Waals surface area contributed by atoms with Crippen molar-refractivity contribution in [3.05, 3.63) is 63.8 Å². The van der Waals surface area contributed by atoms with E-state index >= 15 is 0 Å². The highest BCUT2D eigenvalue weighted by molar-refractivity contribution is 5.88. The SMILES string of the molecule is CCOC(=O)c1cnc2n(c1=O)[C@@H](C)CC[C@H]2C(O)c1ccccc1. The van der Waals surface area contributed by atoms with Gasteiger partial charge in [-0.2, -0.15) is 0 Å². The van der Waals surface area contributed by atoms with Crippen LogP contribution in [0.1, 0.15) is 66.5 Å². The molecule has 0 saturated carbocycles. The fourth-order valence-corrected chi connectivity index (χ4v) is 3.39. The summed E-state index contributed by atoms with van der Waals surface area (Å²) in [5.74, 6) is -0.427. The Bertz CT molecular complexity index is 816. The molecule has 2 aromatic rings. The lowest BCUT2D eigenvalue weighted by Crippen LogP contribution is -2.37. The normalized spacial score (nSPS) is 20.6. The van der Waals surface area contributed by atoms with Gasteiger partial charge in [0.25, 0.3) is 5.56 Å². The number of aliphatic hydroxyl groups is 1. The number of hydrogen-bond acceptors (Lipinski definition) is 5. The summed E-state index contributed by atoms with van der Waals surface area (Å²) in [5, 5.41) is 10.8. The first-order valence-electron chi connectivity index (χ1n) is 8.56. The Morgan fingerprint density at radius 2 is 2.08 bits per heavy atom. The van der Waals surface area contributed by atoms with E-state index in [1.165, 1.54) is 10.8 Å². The number of hydrogen-bond donors (Lipinski definition) is 1. The smallest absolute Gasteiger partial charge is 0.345 e. The molecule has 6 nitrogen and oxygen atoms in total. The first kappa shape index (κ1) is 17.4. The van der Waals surface area contributed by atoms with Crippen molar-refractivity contribution in [2.45, 2.75) is 44.8 Å². The minimum atomic E-state index is -0.750. The number of ether oxygens (including phenoxy) is 1. The number of carbonyl (C=O) groups is 1. The van der Waals surface area contributed by atoms with Crippen LogP contribution in [-0.4, -0.2) is 27.2 Å². The van der Waals surface area contributed by atoms with Crippen LogP contribution in [0.4, 0.5) is 0 Å². The summed E-state index contributed by atoms with van der Waals surface area (Å²) >= 11 is 0. The lowest BCUT2D eigenvalue weighted by molar-refractivity contribution is 0.0521. The van der Waals surface area contributed by atoms with Crippen LogP contribution in [0.2, 0.25) is 0 Å². The second-order valence-electron chi connectivity index (χ2n) is 6.31. The first-order chi connectivity index (χ1) is 12.0. The van der Waals surface area contributed by atoms with E-state index in [1.54, 1.807) is 6.92 Å². The molecular weight excluding hydrogens is 320 g/mol. The Balaban J connectivity index is 2.04. The van der Waals surface area contributed by atoms with Crippen LogP contribution in [0.3, 0.4) is 0 Å². The van der Waals surface area contributed by atoms with Gasteiger partial charge in [-0.25, -0.2) is 9.78 Å². The largest absolute Gasteiger partial charge is 0.462 e. The molecule has 0 radical (unpaired) electrons. The molecule has 1 aliphatic heterocycles. The summed E-state index contributed by atoms with van der Waals surface area (Å²) in [5.41, 5.74) is 0.325. The first-order valence-corrected chi connectivity index (χ1v) is 8.56. The maximum absolute atomic E-state index is 12.8. The van der Waals surface area contributed by atoms with Gasteiger partial charge in [-0.3, -0.25) is 9.36 Å². The second kappa shape index (κ2) is 7.19.